The van der Waals surface area contributed by atoms with Gasteiger partial charge in [0.25, 0.3) is 0 Å². The average molecular weight is 300 g/mol. The number of aromatic nitrogens is 3. The van der Waals surface area contributed by atoms with E-state index in [1.54, 1.807) is 6.33 Å². The van der Waals surface area contributed by atoms with Crippen LogP contribution < -0.4 is 0 Å². The number of likely N-dealkylation sites (tertiary alicyclic amines) is 1. The Morgan fingerprint density at radius 3 is 3.00 bits per heavy atom. The van der Waals surface area contributed by atoms with E-state index < -0.39 is 0 Å². The van der Waals surface area contributed by atoms with E-state index in [9.17, 15) is 4.79 Å². The molecule has 4 unspecified atom stereocenters. The fourth-order valence-electron chi connectivity index (χ4n) is 4.51. The van der Waals surface area contributed by atoms with E-state index in [4.69, 9.17) is 0 Å². The highest BCUT2D eigenvalue weighted by molar-refractivity contribution is 5.80. The van der Waals surface area contributed by atoms with Crippen LogP contribution in [0.5, 0.6) is 0 Å². The minimum absolute atomic E-state index is 0.234. The number of amides is 1. The highest BCUT2D eigenvalue weighted by Gasteiger charge is 2.42. The minimum Gasteiger partial charge on any atom is -0.342 e. The maximum absolute atomic E-state index is 12.9. The van der Waals surface area contributed by atoms with E-state index in [2.05, 4.69) is 38.7 Å². The smallest absolute Gasteiger partial charge is 0.226 e. The van der Waals surface area contributed by atoms with E-state index >= 15 is 0 Å². The Hall–Kier alpha value is -1.65. The molecule has 4 rings (SSSR count). The van der Waals surface area contributed by atoms with Crippen molar-refractivity contribution in [2.24, 2.45) is 17.8 Å². The van der Waals surface area contributed by atoms with Crippen LogP contribution in [0.25, 0.3) is 0 Å². The Labute approximate surface area is 131 Å². The fraction of sp³-hybridized carbons (Fsp3) is 0.706. The van der Waals surface area contributed by atoms with Gasteiger partial charge in [-0.1, -0.05) is 12.2 Å². The van der Waals surface area contributed by atoms with Crippen LogP contribution in [0.15, 0.2) is 18.5 Å². The summed E-state index contributed by atoms with van der Waals surface area (Å²) in [7, 11) is 0. The van der Waals surface area contributed by atoms with Gasteiger partial charge in [-0.3, -0.25) is 4.79 Å². The lowest BCUT2D eigenvalue weighted by molar-refractivity contribution is -0.137. The molecule has 1 aromatic heterocycles. The van der Waals surface area contributed by atoms with Crippen molar-refractivity contribution in [2.45, 2.75) is 45.1 Å². The predicted molar refractivity (Wildman–Crippen MR) is 83.1 cm³/mol. The average Bonchev–Trinajstić information content (AvgIpc) is 3.29. The molecule has 1 saturated heterocycles. The van der Waals surface area contributed by atoms with E-state index in [0.717, 1.165) is 44.7 Å². The molecule has 2 fully saturated rings. The van der Waals surface area contributed by atoms with E-state index in [0.29, 0.717) is 23.7 Å². The number of aryl methyl sites for hydroxylation is 1. The van der Waals surface area contributed by atoms with Crippen LogP contribution >= 0.6 is 0 Å². The molecule has 1 saturated carbocycles. The first-order valence-corrected chi connectivity index (χ1v) is 8.61. The molecule has 1 aliphatic heterocycles. The summed E-state index contributed by atoms with van der Waals surface area (Å²) in [6.45, 7) is 4.73. The zero-order valence-corrected chi connectivity index (χ0v) is 13.2. The summed E-state index contributed by atoms with van der Waals surface area (Å²) < 4.78 is 2.11. The number of allylic oxidation sites excluding steroid dienone is 2. The van der Waals surface area contributed by atoms with Gasteiger partial charge < -0.3 is 9.47 Å². The molecule has 2 bridgehead atoms. The molecule has 3 aliphatic rings. The van der Waals surface area contributed by atoms with Crippen molar-refractivity contribution in [3.63, 3.8) is 0 Å². The van der Waals surface area contributed by atoms with Crippen LogP contribution in [0.3, 0.4) is 0 Å². The van der Waals surface area contributed by atoms with Crippen molar-refractivity contribution >= 4 is 5.91 Å². The lowest BCUT2D eigenvalue weighted by Crippen LogP contribution is -2.43. The van der Waals surface area contributed by atoms with Gasteiger partial charge in [0.2, 0.25) is 5.91 Å². The van der Waals surface area contributed by atoms with Crippen LogP contribution in [0.1, 0.15) is 44.3 Å². The number of nitrogens with zero attached hydrogens (tertiary/aromatic N) is 4. The quantitative estimate of drug-likeness (QED) is 0.804. The van der Waals surface area contributed by atoms with Crippen LogP contribution in [0.4, 0.5) is 0 Å². The normalized spacial score (nSPS) is 33.6. The minimum atomic E-state index is 0.234. The predicted octanol–water partition coefficient (Wildman–Crippen LogP) is 2.22. The standard InChI is InChI=1S/C17H24N4O/c1-2-20-11-18-19-16(20)14-4-3-7-21(10-14)17(22)15-9-12-5-6-13(15)8-12/h5-6,11-15H,2-4,7-10H2,1H3. The molecule has 5 heteroatoms. The molecule has 0 N–H and O–H groups in total. The lowest BCUT2D eigenvalue weighted by Gasteiger charge is -2.35. The third-order valence-corrected chi connectivity index (χ3v) is 5.68. The zero-order chi connectivity index (χ0) is 15.1. The highest BCUT2D eigenvalue weighted by atomic mass is 16.2. The van der Waals surface area contributed by atoms with Crippen molar-refractivity contribution in [3.05, 3.63) is 24.3 Å². The molecule has 22 heavy (non-hydrogen) atoms. The summed E-state index contributed by atoms with van der Waals surface area (Å²) in [5, 5.41) is 8.35. The first-order chi connectivity index (χ1) is 10.8. The Morgan fingerprint density at radius 2 is 2.27 bits per heavy atom. The number of piperidine rings is 1. The van der Waals surface area contributed by atoms with E-state index in [1.807, 2.05) is 0 Å². The summed E-state index contributed by atoms with van der Waals surface area (Å²) in [6, 6.07) is 0. The topological polar surface area (TPSA) is 51.0 Å². The second-order valence-corrected chi connectivity index (χ2v) is 6.99. The molecule has 4 atom stereocenters. The van der Waals surface area contributed by atoms with Crippen molar-refractivity contribution in [3.8, 4) is 0 Å². The Kier molecular flexibility index (Phi) is 3.51. The van der Waals surface area contributed by atoms with Gasteiger partial charge in [0.05, 0.1) is 0 Å². The molecule has 0 spiro atoms. The number of fused-ring (bicyclic) bond motifs is 2. The molecular formula is C17H24N4O. The van der Waals surface area contributed by atoms with Crippen LogP contribution in [-0.4, -0.2) is 38.7 Å². The number of carbonyl (C=O) groups excluding carboxylic acids is 1. The molecule has 1 aromatic rings. The van der Waals surface area contributed by atoms with Gasteiger partial charge in [0, 0.05) is 31.5 Å². The van der Waals surface area contributed by atoms with Gasteiger partial charge in [-0.2, -0.15) is 0 Å². The SMILES string of the molecule is CCn1cnnc1C1CCCN(C(=O)C2CC3C=CC2C3)C1. The molecule has 1 amide bonds. The Balaban J connectivity index is 1.47. The molecule has 0 aromatic carbocycles. The van der Waals surface area contributed by atoms with E-state index in [1.165, 1.54) is 6.42 Å². The van der Waals surface area contributed by atoms with Gasteiger partial charge in [0.1, 0.15) is 12.2 Å². The maximum Gasteiger partial charge on any atom is 0.226 e. The second kappa shape index (κ2) is 5.52. The third kappa shape index (κ3) is 2.27. The summed E-state index contributed by atoms with van der Waals surface area (Å²) in [4.78, 5) is 15.0. The van der Waals surface area contributed by atoms with Crippen LogP contribution in [0.2, 0.25) is 0 Å². The molecule has 0 radical (unpaired) electrons. The summed E-state index contributed by atoms with van der Waals surface area (Å²) in [6.07, 6.45) is 10.8. The molecule has 2 heterocycles. The summed E-state index contributed by atoms with van der Waals surface area (Å²) >= 11 is 0. The summed E-state index contributed by atoms with van der Waals surface area (Å²) in [5.41, 5.74) is 0. The van der Waals surface area contributed by atoms with Crippen molar-refractivity contribution in [1.29, 1.82) is 0 Å². The van der Waals surface area contributed by atoms with Gasteiger partial charge >= 0.3 is 0 Å². The zero-order valence-electron chi connectivity index (χ0n) is 13.2. The second-order valence-electron chi connectivity index (χ2n) is 6.99. The van der Waals surface area contributed by atoms with Gasteiger partial charge in [-0.25, -0.2) is 0 Å². The third-order valence-electron chi connectivity index (χ3n) is 5.68. The van der Waals surface area contributed by atoms with Crippen molar-refractivity contribution in [2.75, 3.05) is 13.1 Å². The highest BCUT2D eigenvalue weighted by Crippen LogP contribution is 2.44. The number of hydrogen-bond acceptors (Lipinski definition) is 3. The Morgan fingerprint density at radius 1 is 1.36 bits per heavy atom. The lowest BCUT2D eigenvalue weighted by atomic mass is 9.90. The van der Waals surface area contributed by atoms with Gasteiger partial charge in [-0.05, 0) is 44.4 Å². The fourth-order valence-corrected chi connectivity index (χ4v) is 4.51. The number of rotatable bonds is 3. The maximum atomic E-state index is 12.9. The number of carbonyl (C=O) groups is 1. The first kappa shape index (κ1) is 14.0. The number of hydrogen-bond donors (Lipinski definition) is 0. The van der Waals surface area contributed by atoms with Gasteiger partial charge in [0.15, 0.2) is 0 Å². The van der Waals surface area contributed by atoms with E-state index in [-0.39, 0.29) is 5.92 Å². The molecule has 118 valence electrons. The molecular weight excluding hydrogens is 276 g/mol. The van der Waals surface area contributed by atoms with Crippen LogP contribution in [-0.2, 0) is 11.3 Å². The largest absolute Gasteiger partial charge is 0.342 e. The molecule has 2 aliphatic carbocycles. The monoisotopic (exact) mass is 300 g/mol. The molecule has 5 nitrogen and oxygen atoms in total. The van der Waals surface area contributed by atoms with Crippen molar-refractivity contribution in [1.82, 2.24) is 19.7 Å². The van der Waals surface area contributed by atoms with Crippen LogP contribution in [0, 0.1) is 17.8 Å². The van der Waals surface area contributed by atoms with Crippen molar-refractivity contribution < 1.29 is 4.79 Å². The Bertz CT molecular complexity index is 593. The van der Waals surface area contributed by atoms with Gasteiger partial charge in [-0.15, -0.1) is 10.2 Å². The first-order valence-electron chi connectivity index (χ1n) is 8.61. The summed E-state index contributed by atoms with van der Waals surface area (Å²) in [5.74, 6) is 3.16.